The van der Waals surface area contributed by atoms with Gasteiger partial charge in [0.05, 0.1) is 12.4 Å². The maximum atomic E-state index is 12.3. The van der Waals surface area contributed by atoms with Crippen molar-refractivity contribution in [3.8, 4) is 0 Å². The summed E-state index contributed by atoms with van der Waals surface area (Å²) in [5.41, 5.74) is 2.72. The molecule has 0 aliphatic heterocycles. The standard InChI is InChI=1S/C12H22N6O/c1-4-5-18(7-6-17(2)3)12(19)10-8-15-11(16-13)9-14-10/h8-9H,4-7,13H2,1-3H3,(H,15,16). The highest BCUT2D eigenvalue weighted by molar-refractivity contribution is 5.92. The minimum absolute atomic E-state index is 0.0974. The van der Waals surface area contributed by atoms with Crippen LogP contribution in [0.25, 0.3) is 0 Å². The van der Waals surface area contributed by atoms with Gasteiger partial charge in [-0.05, 0) is 20.5 Å². The quantitative estimate of drug-likeness (QED) is 0.540. The Morgan fingerprint density at radius 2 is 2.00 bits per heavy atom. The number of aromatic nitrogens is 2. The first-order valence-corrected chi connectivity index (χ1v) is 6.31. The number of hydrazine groups is 1. The molecule has 7 nitrogen and oxygen atoms in total. The van der Waals surface area contributed by atoms with E-state index in [1.807, 2.05) is 25.9 Å². The molecule has 0 atom stereocenters. The molecular weight excluding hydrogens is 244 g/mol. The van der Waals surface area contributed by atoms with E-state index in [1.165, 1.54) is 12.4 Å². The first-order valence-electron chi connectivity index (χ1n) is 6.31. The van der Waals surface area contributed by atoms with Gasteiger partial charge in [-0.15, -0.1) is 0 Å². The number of carbonyl (C=O) groups excluding carboxylic acids is 1. The third-order valence-corrected chi connectivity index (χ3v) is 2.62. The van der Waals surface area contributed by atoms with E-state index in [1.54, 1.807) is 4.90 Å². The number of carbonyl (C=O) groups is 1. The zero-order chi connectivity index (χ0) is 14.3. The zero-order valence-corrected chi connectivity index (χ0v) is 11.8. The molecule has 0 aromatic carbocycles. The number of nitrogens with zero attached hydrogens (tertiary/aromatic N) is 4. The van der Waals surface area contributed by atoms with Crippen molar-refractivity contribution in [2.45, 2.75) is 13.3 Å². The lowest BCUT2D eigenvalue weighted by atomic mass is 10.3. The molecule has 1 aromatic heterocycles. The first kappa shape index (κ1) is 15.3. The van der Waals surface area contributed by atoms with E-state index in [2.05, 4.69) is 15.4 Å². The number of nitrogen functional groups attached to an aromatic ring is 1. The van der Waals surface area contributed by atoms with Crippen LogP contribution in [0.3, 0.4) is 0 Å². The molecule has 1 heterocycles. The second kappa shape index (κ2) is 7.65. The molecule has 0 radical (unpaired) electrons. The summed E-state index contributed by atoms with van der Waals surface area (Å²) in [4.78, 5) is 24.2. The van der Waals surface area contributed by atoms with Crippen LogP contribution in [0.15, 0.2) is 12.4 Å². The fraction of sp³-hybridized carbons (Fsp3) is 0.583. The Morgan fingerprint density at radius 1 is 1.26 bits per heavy atom. The SMILES string of the molecule is CCCN(CCN(C)C)C(=O)c1cnc(NN)cn1. The lowest BCUT2D eigenvalue weighted by Gasteiger charge is -2.23. The van der Waals surface area contributed by atoms with Crippen molar-refractivity contribution in [3.63, 3.8) is 0 Å². The van der Waals surface area contributed by atoms with Gasteiger partial charge in [-0.1, -0.05) is 6.92 Å². The Hall–Kier alpha value is -1.73. The molecule has 1 amide bonds. The molecule has 1 rings (SSSR count). The minimum atomic E-state index is -0.0974. The van der Waals surface area contributed by atoms with Gasteiger partial charge in [0, 0.05) is 19.6 Å². The van der Waals surface area contributed by atoms with Crippen LogP contribution >= 0.6 is 0 Å². The number of hydrogen-bond donors (Lipinski definition) is 2. The smallest absolute Gasteiger partial charge is 0.274 e. The summed E-state index contributed by atoms with van der Waals surface area (Å²) >= 11 is 0. The Balaban J connectivity index is 2.73. The molecule has 3 N–H and O–H groups in total. The molecule has 0 saturated carbocycles. The summed E-state index contributed by atoms with van der Waals surface area (Å²) in [6.45, 7) is 4.26. The van der Waals surface area contributed by atoms with Gasteiger partial charge in [0.25, 0.3) is 5.91 Å². The topological polar surface area (TPSA) is 87.4 Å². The number of hydrogen-bond acceptors (Lipinski definition) is 6. The number of nitrogens with two attached hydrogens (primary N) is 1. The van der Waals surface area contributed by atoms with Gasteiger partial charge in [-0.25, -0.2) is 15.8 Å². The lowest BCUT2D eigenvalue weighted by Crippen LogP contribution is -2.37. The second-order valence-corrected chi connectivity index (χ2v) is 4.53. The van der Waals surface area contributed by atoms with E-state index in [0.717, 1.165) is 13.0 Å². The maximum absolute atomic E-state index is 12.3. The zero-order valence-electron chi connectivity index (χ0n) is 11.8. The van der Waals surface area contributed by atoms with E-state index < -0.39 is 0 Å². The molecule has 0 aliphatic rings. The number of nitrogens with one attached hydrogen (secondary N) is 1. The predicted molar refractivity (Wildman–Crippen MR) is 74.6 cm³/mol. The van der Waals surface area contributed by atoms with Gasteiger partial charge in [0.2, 0.25) is 0 Å². The van der Waals surface area contributed by atoms with Crippen LogP contribution in [0.2, 0.25) is 0 Å². The lowest BCUT2D eigenvalue weighted by molar-refractivity contribution is 0.0738. The number of amides is 1. The molecule has 0 unspecified atom stereocenters. The third kappa shape index (κ3) is 4.80. The van der Waals surface area contributed by atoms with E-state index in [0.29, 0.717) is 24.6 Å². The maximum Gasteiger partial charge on any atom is 0.274 e. The van der Waals surface area contributed by atoms with Crippen molar-refractivity contribution in [1.29, 1.82) is 0 Å². The van der Waals surface area contributed by atoms with Crippen LogP contribution in [0, 0.1) is 0 Å². The van der Waals surface area contributed by atoms with Crippen LogP contribution in [0.5, 0.6) is 0 Å². The van der Waals surface area contributed by atoms with Crippen molar-refractivity contribution in [3.05, 3.63) is 18.1 Å². The highest BCUT2D eigenvalue weighted by atomic mass is 16.2. The monoisotopic (exact) mass is 266 g/mol. The van der Waals surface area contributed by atoms with E-state index in [-0.39, 0.29) is 5.91 Å². The summed E-state index contributed by atoms with van der Waals surface area (Å²) in [6.07, 6.45) is 3.80. The molecule has 1 aromatic rings. The fourth-order valence-corrected chi connectivity index (χ4v) is 1.58. The van der Waals surface area contributed by atoms with Crippen molar-refractivity contribution in [2.24, 2.45) is 5.84 Å². The molecular formula is C12H22N6O. The van der Waals surface area contributed by atoms with Gasteiger partial charge < -0.3 is 15.2 Å². The summed E-state index contributed by atoms with van der Waals surface area (Å²) in [5, 5.41) is 0. The van der Waals surface area contributed by atoms with Crippen LogP contribution in [0.4, 0.5) is 5.82 Å². The molecule has 0 spiro atoms. The normalized spacial score (nSPS) is 10.6. The highest BCUT2D eigenvalue weighted by Crippen LogP contribution is 2.04. The molecule has 0 fully saturated rings. The molecule has 106 valence electrons. The van der Waals surface area contributed by atoms with Crippen molar-refractivity contribution >= 4 is 11.7 Å². The van der Waals surface area contributed by atoms with Crippen molar-refractivity contribution < 1.29 is 4.79 Å². The van der Waals surface area contributed by atoms with Crippen molar-refractivity contribution in [2.75, 3.05) is 39.2 Å². The van der Waals surface area contributed by atoms with Crippen LogP contribution < -0.4 is 11.3 Å². The average Bonchev–Trinajstić information content (AvgIpc) is 2.42. The number of likely N-dealkylation sites (N-methyl/N-ethyl adjacent to an activating group) is 1. The van der Waals surface area contributed by atoms with Gasteiger partial charge in [-0.2, -0.15) is 0 Å². The summed E-state index contributed by atoms with van der Waals surface area (Å²) < 4.78 is 0. The van der Waals surface area contributed by atoms with Gasteiger partial charge >= 0.3 is 0 Å². The Labute approximate surface area is 113 Å². The van der Waals surface area contributed by atoms with Gasteiger partial charge in [0.15, 0.2) is 5.82 Å². The molecule has 0 bridgehead atoms. The van der Waals surface area contributed by atoms with Gasteiger partial charge in [0.1, 0.15) is 5.69 Å². The molecule has 0 aliphatic carbocycles. The minimum Gasteiger partial charge on any atom is -0.336 e. The highest BCUT2D eigenvalue weighted by Gasteiger charge is 2.16. The van der Waals surface area contributed by atoms with E-state index in [4.69, 9.17) is 5.84 Å². The third-order valence-electron chi connectivity index (χ3n) is 2.62. The van der Waals surface area contributed by atoms with E-state index >= 15 is 0 Å². The largest absolute Gasteiger partial charge is 0.336 e. The van der Waals surface area contributed by atoms with Crippen molar-refractivity contribution in [1.82, 2.24) is 19.8 Å². The van der Waals surface area contributed by atoms with Gasteiger partial charge in [-0.3, -0.25) is 4.79 Å². The van der Waals surface area contributed by atoms with Crippen LogP contribution in [-0.2, 0) is 0 Å². The van der Waals surface area contributed by atoms with Crippen LogP contribution in [-0.4, -0.2) is 59.4 Å². The molecule has 19 heavy (non-hydrogen) atoms. The second-order valence-electron chi connectivity index (χ2n) is 4.53. The average molecular weight is 266 g/mol. The number of anilines is 1. The Bertz CT molecular complexity index is 392. The Kier molecular flexibility index (Phi) is 6.17. The Morgan fingerprint density at radius 3 is 2.47 bits per heavy atom. The van der Waals surface area contributed by atoms with E-state index in [9.17, 15) is 4.79 Å². The fourth-order valence-electron chi connectivity index (χ4n) is 1.58. The first-order chi connectivity index (χ1) is 9.08. The molecule has 0 saturated heterocycles. The summed E-state index contributed by atoms with van der Waals surface area (Å²) in [5.74, 6) is 5.55. The summed E-state index contributed by atoms with van der Waals surface area (Å²) in [7, 11) is 3.96. The predicted octanol–water partition coefficient (Wildman–Crippen LogP) is 0.176. The van der Waals surface area contributed by atoms with Crippen LogP contribution in [0.1, 0.15) is 23.8 Å². The molecule has 7 heteroatoms. The summed E-state index contributed by atoms with van der Waals surface area (Å²) in [6, 6.07) is 0. The number of rotatable bonds is 7.